The molecule has 3 rings (SSSR count). The van der Waals surface area contributed by atoms with E-state index in [4.69, 9.17) is 9.94 Å². The van der Waals surface area contributed by atoms with Crippen LogP contribution in [-0.4, -0.2) is 48.7 Å². The zero-order valence-corrected chi connectivity index (χ0v) is 19.1. The number of hydrogen-bond acceptors (Lipinski definition) is 6. The minimum Gasteiger partial charge on any atom is -0.381 e. The summed E-state index contributed by atoms with van der Waals surface area (Å²) in [4.78, 5) is 16.5. The molecule has 1 aliphatic heterocycles. The highest BCUT2D eigenvalue weighted by molar-refractivity contribution is 7.93. The van der Waals surface area contributed by atoms with Crippen molar-refractivity contribution >= 4 is 28.2 Å². The topological polar surface area (TPSA) is 106 Å². The number of nitrogens with one attached hydrogen (secondary N) is 1. The average Bonchev–Trinajstić information content (AvgIpc) is 2.78. The highest BCUT2D eigenvalue weighted by Crippen LogP contribution is 2.36. The molecule has 0 radical (unpaired) electrons. The van der Waals surface area contributed by atoms with Crippen molar-refractivity contribution in [3.8, 4) is 11.3 Å². The standard InChI is InChI=1S/C21H23F3N2O5S.ClH/c22-21(23,24)9-1-2-15-3-8-18(25-14-15)16-4-6-17(7-5-16)32(29,30)20(19(27)26-28)10-12-31-13-11-20;/h3-8,14,28H,1-2,9-13H2,(H,26,27);1H. The van der Waals surface area contributed by atoms with Crippen molar-refractivity contribution in [3.05, 3.63) is 48.2 Å². The number of sulfone groups is 1. The number of hydrogen-bond donors (Lipinski definition) is 2. The fraction of sp³-hybridized carbons (Fsp3) is 0.429. The summed E-state index contributed by atoms with van der Waals surface area (Å²) in [5.74, 6) is -0.993. The number of pyridine rings is 1. The van der Waals surface area contributed by atoms with E-state index in [2.05, 4.69) is 4.98 Å². The summed E-state index contributed by atoms with van der Waals surface area (Å²) in [5, 5.41) is 9.10. The molecule has 0 atom stereocenters. The van der Waals surface area contributed by atoms with Crippen molar-refractivity contribution in [2.45, 2.75) is 47.9 Å². The zero-order valence-electron chi connectivity index (χ0n) is 17.5. The molecule has 0 aliphatic carbocycles. The van der Waals surface area contributed by atoms with E-state index in [1.807, 2.05) is 0 Å². The van der Waals surface area contributed by atoms with Crippen molar-refractivity contribution in [1.82, 2.24) is 10.5 Å². The summed E-state index contributed by atoms with van der Waals surface area (Å²) < 4.78 is 66.7. The number of alkyl halides is 3. The van der Waals surface area contributed by atoms with Gasteiger partial charge in [-0.25, -0.2) is 13.9 Å². The van der Waals surface area contributed by atoms with Gasteiger partial charge in [0.1, 0.15) is 0 Å². The number of amides is 1. The van der Waals surface area contributed by atoms with E-state index in [-0.39, 0.29) is 56.2 Å². The summed E-state index contributed by atoms with van der Waals surface area (Å²) in [6.07, 6.45) is -3.47. The number of aryl methyl sites for hydroxylation is 1. The second kappa shape index (κ2) is 10.8. The average molecular weight is 509 g/mol. The molecular weight excluding hydrogens is 485 g/mol. The van der Waals surface area contributed by atoms with Crippen LogP contribution in [0, 0.1) is 0 Å². The number of hydroxylamine groups is 1. The van der Waals surface area contributed by atoms with Gasteiger partial charge in [-0.05, 0) is 49.4 Å². The third-order valence-electron chi connectivity index (χ3n) is 5.54. The fourth-order valence-electron chi connectivity index (χ4n) is 3.69. The fourth-order valence-corrected chi connectivity index (χ4v) is 5.63. The Labute approximate surface area is 195 Å². The maximum absolute atomic E-state index is 13.2. The van der Waals surface area contributed by atoms with Gasteiger partial charge in [0.2, 0.25) is 0 Å². The molecule has 182 valence electrons. The summed E-state index contributed by atoms with van der Waals surface area (Å²) in [6, 6.07) is 9.17. The maximum atomic E-state index is 13.2. The van der Waals surface area contributed by atoms with Gasteiger partial charge in [0.15, 0.2) is 14.6 Å². The molecule has 2 heterocycles. The van der Waals surface area contributed by atoms with Crippen LogP contribution in [0.15, 0.2) is 47.5 Å². The molecule has 1 fully saturated rings. The molecule has 1 aromatic heterocycles. The number of rotatable bonds is 7. The van der Waals surface area contributed by atoms with Gasteiger partial charge < -0.3 is 4.74 Å². The second-order valence-electron chi connectivity index (χ2n) is 7.60. The molecule has 7 nitrogen and oxygen atoms in total. The highest BCUT2D eigenvalue weighted by atomic mass is 35.5. The number of aromatic nitrogens is 1. The van der Waals surface area contributed by atoms with E-state index in [0.29, 0.717) is 16.8 Å². The normalized spacial score (nSPS) is 16.0. The Balaban J connectivity index is 0.00000385. The number of halogens is 4. The number of ether oxygens (including phenoxy) is 1. The summed E-state index contributed by atoms with van der Waals surface area (Å²) in [6.45, 7) is 0.147. The quantitative estimate of drug-likeness (QED) is 0.434. The van der Waals surface area contributed by atoms with Crippen LogP contribution in [0.25, 0.3) is 11.3 Å². The summed E-state index contributed by atoms with van der Waals surface area (Å²) >= 11 is 0. The maximum Gasteiger partial charge on any atom is 0.389 e. The number of benzene rings is 1. The monoisotopic (exact) mass is 508 g/mol. The van der Waals surface area contributed by atoms with Crippen LogP contribution in [0.1, 0.15) is 31.2 Å². The first-order valence-corrected chi connectivity index (χ1v) is 11.5. The first-order chi connectivity index (χ1) is 15.1. The molecule has 0 saturated carbocycles. The Morgan fingerprint density at radius 3 is 2.27 bits per heavy atom. The van der Waals surface area contributed by atoms with Gasteiger partial charge in [-0.15, -0.1) is 12.4 Å². The predicted molar refractivity (Wildman–Crippen MR) is 116 cm³/mol. The lowest BCUT2D eigenvalue weighted by atomic mass is 9.98. The van der Waals surface area contributed by atoms with Crippen LogP contribution in [0.5, 0.6) is 0 Å². The van der Waals surface area contributed by atoms with Gasteiger partial charge in [0, 0.05) is 31.4 Å². The predicted octanol–water partition coefficient (Wildman–Crippen LogP) is 3.88. The van der Waals surface area contributed by atoms with Crippen LogP contribution in [0.2, 0.25) is 0 Å². The minimum atomic E-state index is -4.18. The van der Waals surface area contributed by atoms with Crippen LogP contribution >= 0.6 is 12.4 Å². The number of carbonyl (C=O) groups is 1. The van der Waals surface area contributed by atoms with Crippen LogP contribution in [-0.2, 0) is 25.8 Å². The first kappa shape index (κ1) is 27.0. The molecule has 33 heavy (non-hydrogen) atoms. The second-order valence-corrected chi connectivity index (χ2v) is 9.86. The lowest BCUT2D eigenvalue weighted by Gasteiger charge is -2.34. The smallest absolute Gasteiger partial charge is 0.381 e. The lowest BCUT2D eigenvalue weighted by Crippen LogP contribution is -2.54. The summed E-state index contributed by atoms with van der Waals surface area (Å²) in [7, 11) is -4.13. The van der Waals surface area contributed by atoms with Crippen molar-refractivity contribution in [1.29, 1.82) is 0 Å². The van der Waals surface area contributed by atoms with Crippen LogP contribution < -0.4 is 5.48 Å². The van der Waals surface area contributed by atoms with Gasteiger partial charge >= 0.3 is 6.18 Å². The van der Waals surface area contributed by atoms with Gasteiger partial charge in [-0.3, -0.25) is 15.0 Å². The molecular formula is C21H24ClF3N2O5S. The van der Waals surface area contributed by atoms with Gasteiger partial charge in [-0.2, -0.15) is 13.2 Å². The Morgan fingerprint density at radius 2 is 1.76 bits per heavy atom. The Hall–Kier alpha value is -2.21. The van der Waals surface area contributed by atoms with E-state index in [1.54, 1.807) is 24.3 Å². The molecule has 0 spiro atoms. The van der Waals surface area contributed by atoms with Crippen molar-refractivity contribution in [3.63, 3.8) is 0 Å². The van der Waals surface area contributed by atoms with E-state index >= 15 is 0 Å². The largest absolute Gasteiger partial charge is 0.389 e. The Morgan fingerprint density at radius 1 is 1.12 bits per heavy atom. The molecule has 2 aromatic rings. The van der Waals surface area contributed by atoms with Gasteiger partial charge in [-0.1, -0.05) is 18.2 Å². The third kappa shape index (κ3) is 6.03. The van der Waals surface area contributed by atoms with Crippen molar-refractivity contribution < 1.29 is 36.3 Å². The Bertz CT molecular complexity index is 1040. The Kier molecular flexibility index (Phi) is 8.86. The van der Waals surface area contributed by atoms with Crippen LogP contribution in [0.4, 0.5) is 13.2 Å². The molecule has 2 N–H and O–H groups in total. The van der Waals surface area contributed by atoms with E-state index in [9.17, 15) is 26.4 Å². The molecule has 1 amide bonds. The molecule has 1 aromatic carbocycles. The van der Waals surface area contributed by atoms with Crippen molar-refractivity contribution in [2.24, 2.45) is 0 Å². The zero-order chi connectivity index (χ0) is 23.4. The summed E-state index contributed by atoms with van der Waals surface area (Å²) in [5.41, 5.74) is 3.28. The highest BCUT2D eigenvalue weighted by Gasteiger charge is 2.52. The molecule has 0 bridgehead atoms. The third-order valence-corrected chi connectivity index (χ3v) is 8.06. The van der Waals surface area contributed by atoms with E-state index in [0.717, 1.165) is 0 Å². The van der Waals surface area contributed by atoms with Crippen molar-refractivity contribution in [2.75, 3.05) is 13.2 Å². The van der Waals surface area contributed by atoms with Gasteiger partial charge in [0.25, 0.3) is 5.91 Å². The minimum absolute atomic E-state index is 0. The first-order valence-electron chi connectivity index (χ1n) is 9.98. The molecule has 12 heteroatoms. The SMILES string of the molecule is Cl.O=C(NO)C1(S(=O)(=O)c2ccc(-c3ccc(CCCC(F)(F)F)cn3)cc2)CCOCC1. The number of nitrogens with zero attached hydrogens (tertiary/aromatic N) is 1. The van der Waals surface area contributed by atoms with E-state index < -0.39 is 33.1 Å². The van der Waals surface area contributed by atoms with Crippen LogP contribution in [0.3, 0.4) is 0 Å². The molecule has 1 aliphatic rings. The van der Waals surface area contributed by atoms with E-state index in [1.165, 1.54) is 23.8 Å². The lowest BCUT2D eigenvalue weighted by molar-refractivity contribution is -0.135. The number of carbonyl (C=O) groups excluding carboxylic acids is 1. The molecule has 0 unspecified atom stereocenters. The van der Waals surface area contributed by atoms with Gasteiger partial charge in [0.05, 0.1) is 10.6 Å². The molecule has 1 saturated heterocycles.